The summed E-state index contributed by atoms with van der Waals surface area (Å²) in [5, 5.41) is 4.04. The van der Waals surface area contributed by atoms with Gasteiger partial charge in [0.25, 0.3) is 5.91 Å². The summed E-state index contributed by atoms with van der Waals surface area (Å²) in [5.41, 5.74) is 4.21. The van der Waals surface area contributed by atoms with E-state index in [1.54, 1.807) is 11.9 Å². The third-order valence-corrected chi connectivity index (χ3v) is 4.61. The molecule has 0 aliphatic heterocycles. The number of nitrogens with zero attached hydrogens (tertiary/aromatic N) is 3. The van der Waals surface area contributed by atoms with Crippen LogP contribution in [0.4, 0.5) is 0 Å². The molecule has 0 spiro atoms. The van der Waals surface area contributed by atoms with Gasteiger partial charge in [0.2, 0.25) is 11.7 Å². The van der Waals surface area contributed by atoms with Crippen molar-refractivity contribution in [2.45, 2.75) is 46.8 Å². The van der Waals surface area contributed by atoms with Gasteiger partial charge in [-0.3, -0.25) is 4.79 Å². The summed E-state index contributed by atoms with van der Waals surface area (Å²) in [6.45, 7) is 8.19. The predicted molar refractivity (Wildman–Crippen MR) is 112 cm³/mol. The van der Waals surface area contributed by atoms with Gasteiger partial charge in [-0.05, 0) is 56.5 Å². The largest absolute Gasteiger partial charge is 0.481 e. The van der Waals surface area contributed by atoms with E-state index >= 15 is 0 Å². The molecule has 0 fully saturated rings. The van der Waals surface area contributed by atoms with Crippen molar-refractivity contribution in [1.29, 1.82) is 0 Å². The molecule has 0 saturated carbocycles. The number of carbonyl (C=O) groups is 1. The van der Waals surface area contributed by atoms with Gasteiger partial charge in [-0.25, -0.2) is 0 Å². The maximum Gasteiger partial charge on any atom is 0.263 e. The Morgan fingerprint density at radius 1 is 1.10 bits per heavy atom. The number of aromatic nitrogens is 2. The fourth-order valence-corrected chi connectivity index (χ4v) is 3.22. The Labute approximate surface area is 171 Å². The minimum Gasteiger partial charge on any atom is -0.481 e. The van der Waals surface area contributed by atoms with Crippen molar-refractivity contribution in [3.63, 3.8) is 0 Å². The van der Waals surface area contributed by atoms with Crippen LogP contribution < -0.4 is 4.74 Å². The van der Waals surface area contributed by atoms with Crippen molar-refractivity contribution in [3.05, 3.63) is 65.0 Å². The molecular formula is C23H27N3O3. The fraction of sp³-hybridized carbons (Fsp3) is 0.348. The number of rotatable bonds is 7. The smallest absolute Gasteiger partial charge is 0.263 e. The van der Waals surface area contributed by atoms with Crippen LogP contribution in [0, 0.1) is 20.8 Å². The van der Waals surface area contributed by atoms with Crippen LogP contribution in [-0.4, -0.2) is 34.1 Å². The lowest BCUT2D eigenvalue weighted by Crippen LogP contribution is -2.39. The fourth-order valence-electron chi connectivity index (χ4n) is 3.22. The number of amides is 1. The minimum absolute atomic E-state index is 0.123. The summed E-state index contributed by atoms with van der Waals surface area (Å²) < 4.78 is 11.3. The molecule has 1 amide bonds. The molecule has 0 N–H and O–H groups in total. The predicted octanol–water partition coefficient (Wildman–Crippen LogP) is 4.48. The molecule has 0 saturated heterocycles. The number of aryl methyl sites for hydroxylation is 3. The number of hydrogen-bond donors (Lipinski definition) is 0. The quantitative estimate of drug-likeness (QED) is 0.592. The topological polar surface area (TPSA) is 68.5 Å². The van der Waals surface area contributed by atoms with Crippen LogP contribution in [0.25, 0.3) is 11.4 Å². The van der Waals surface area contributed by atoms with E-state index in [0.29, 0.717) is 23.9 Å². The van der Waals surface area contributed by atoms with Crippen molar-refractivity contribution in [2.24, 2.45) is 0 Å². The number of carbonyl (C=O) groups excluding carboxylic acids is 1. The second-order valence-corrected chi connectivity index (χ2v) is 7.41. The average Bonchev–Trinajstić information content (AvgIpc) is 3.13. The summed E-state index contributed by atoms with van der Waals surface area (Å²) >= 11 is 0. The Morgan fingerprint density at radius 2 is 1.83 bits per heavy atom. The number of benzene rings is 2. The Kier molecular flexibility index (Phi) is 6.32. The van der Waals surface area contributed by atoms with E-state index in [9.17, 15) is 4.79 Å². The molecule has 1 atom stereocenters. The van der Waals surface area contributed by atoms with E-state index in [1.807, 2.05) is 64.1 Å². The molecule has 0 radical (unpaired) electrons. The monoisotopic (exact) mass is 393 g/mol. The maximum absolute atomic E-state index is 12.9. The van der Waals surface area contributed by atoms with E-state index in [1.165, 1.54) is 0 Å². The van der Waals surface area contributed by atoms with Crippen LogP contribution in [0.1, 0.15) is 35.9 Å². The van der Waals surface area contributed by atoms with Crippen LogP contribution in [0.15, 0.2) is 47.0 Å². The average molecular weight is 393 g/mol. The number of likely N-dealkylation sites (N-methyl/N-ethyl adjacent to an activating group) is 1. The maximum atomic E-state index is 12.9. The van der Waals surface area contributed by atoms with Crippen molar-refractivity contribution in [2.75, 3.05) is 7.05 Å². The summed E-state index contributed by atoms with van der Waals surface area (Å²) in [5.74, 6) is 1.49. The first-order valence-corrected chi connectivity index (χ1v) is 9.75. The van der Waals surface area contributed by atoms with Gasteiger partial charge in [0.05, 0.1) is 6.54 Å². The van der Waals surface area contributed by atoms with Gasteiger partial charge < -0.3 is 14.2 Å². The zero-order chi connectivity index (χ0) is 21.0. The Bertz CT molecular complexity index is 976. The van der Waals surface area contributed by atoms with Crippen LogP contribution in [0.5, 0.6) is 5.75 Å². The first kappa shape index (κ1) is 20.6. The van der Waals surface area contributed by atoms with Gasteiger partial charge in [-0.15, -0.1) is 0 Å². The summed E-state index contributed by atoms with van der Waals surface area (Å²) in [6, 6.07) is 13.8. The second kappa shape index (κ2) is 8.90. The lowest BCUT2D eigenvalue weighted by atomic mass is 10.1. The van der Waals surface area contributed by atoms with Gasteiger partial charge >= 0.3 is 0 Å². The molecule has 6 heteroatoms. The molecule has 0 aliphatic rings. The standard InChI is InChI=1S/C23H27N3O3/c1-6-20(28-19-12-16(3)10-17(4)13-19)23(27)26(5)14-21-24-22(25-29-21)18-9-7-8-15(2)11-18/h7-13,20H,6,14H2,1-5H3/t20-/m0/s1. The molecule has 29 heavy (non-hydrogen) atoms. The van der Waals surface area contributed by atoms with Crippen molar-refractivity contribution in [3.8, 4) is 17.1 Å². The zero-order valence-electron chi connectivity index (χ0n) is 17.6. The first-order chi connectivity index (χ1) is 13.9. The Morgan fingerprint density at radius 3 is 2.48 bits per heavy atom. The molecule has 3 aromatic rings. The van der Waals surface area contributed by atoms with Crippen LogP contribution in [0.3, 0.4) is 0 Å². The van der Waals surface area contributed by atoms with Crippen LogP contribution >= 0.6 is 0 Å². The molecule has 2 aromatic carbocycles. The van der Waals surface area contributed by atoms with Gasteiger partial charge in [-0.2, -0.15) is 4.98 Å². The normalized spacial score (nSPS) is 11.9. The van der Waals surface area contributed by atoms with E-state index in [-0.39, 0.29) is 12.5 Å². The Hall–Kier alpha value is -3.15. The summed E-state index contributed by atoms with van der Waals surface area (Å²) in [7, 11) is 1.71. The van der Waals surface area contributed by atoms with Crippen LogP contribution in [-0.2, 0) is 11.3 Å². The number of ether oxygens (including phenoxy) is 1. The van der Waals surface area contributed by atoms with E-state index in [2.05, 4.69) is 16.2 Å². The molecule has 152 valence electrons. The molecule has 0 bridgehead atoms. The highest BCUT2D eigenvalue weighted by atomic mass is 16.5. The molecule has 1 aromatic heterocycles. The summed E-state index contributed by atoms with van der Waals surface area (Å²) in [6.07, 6.45) is -0.00508. The molecule has 6 nitrogen and oxygen atoms in total. The molecular weight excluding hydrogens is 366 g/mol. The SMILES string of the molecule is CC[C@H](Oc1cc(C)cc(C)c1)C(=O)N(C)Cc1nc(-c2cccc(C)c2)no1. The van der Waals surface area contributed by atoms with Crippen molar-refractivity contribution >= 4 is 5.91 Å². The van der Waals surface area contributed by atoms with E-state index in [4.69, 9.17) is 9.26 Å². The highest BCUT2D eigenvalue weighted by molar-refractivity contribution is 5.81. The Balaban J connectivity index is 1.67. The minimum atomic E-state index is -0.569. The van der Waals surface area contributed by atoms with Gasteiger partial charge in [0.15, 0.2) is 6.10 Å². The first-order valence-electron chi connectivity index (χ1n) is 9.75. The lowest BCUT2D eigenvalue weighted by Gasteiger charge is -2.23. The van der Waals surface area contributed by atoms with Crippen LogP contribution in [0.2, 0.25) is 0 Å². The highest BCUT2D eigenvalue weighted by Gasteiger charge is 2.24. The number of hydrogen-bond acceptors (Lipinski definition) is 5. The molecule has 0 unspecified atom stereocenters. The third kappa shape index (κ3) is 5.22. The highest BCUT2D eigenvalue weighted by Crippen LogP contribution is 2.20. The van der Waals surface area contributed by atoms with Crippen molar-refractivity contribution in [1.82, 2.24) is 15.0 Å². The summed E-state index contributed by atoms with van der Waals surface area (Å²) in [4.78, 5) is 18.9. The molecule has 3 rings (SSSR count). The second-order valence-electron chi connectivity index (χ2n) is 7.41. The van der Waals surface area contributed by atoms with Gasteiger partial charge in [0, 0.05) is 12.6 Å². The van der Waals surface area contributed by atoms with Gasteiger partial charge in [-0.1, -0.05) is 41.9 Å². The zero-order valence-corrected chi connectivity index (χ0v) is 17.6. The van der Waals surface area contributed by atoms with Crippen molar-refractivity contribution < 1.29 is 14.1 Å². The van der Waals surface area contributed by atoms with Gasteiger partial charge in [0.1, 0.15) is 5.75 Å². The molecule has 0 aliphatic carbocycles. The lowest BCUT2D eigenvalue weighted by molar-refractivity contribution is -0.138. The van der Waals surface area contributed by atoms with E-state index < -0.39 is 6.10 Å². The molecule has 1 heterocycles. The third-order valence-electron chi connectivity index (χ3n) is 4.61. The van der Waals surface area contributed by atoms with E-state index in [0.717, 1.165) is 22.3 Å².